The minimum atomic E-state index is -0.00140. The van der Waals surface area contributed by atoms with Crippen molar-refractivity contribution in [1.29, 1.82) is 0 Å². The van der Waals surface area contributed by atoms with Crippen LogP contribution in [-0.4, -0.2) is 64.7 Å². The van der Waals surface area contributed by atoms with Gasteiger partial charge in [0.25, 0.3) is 0 Å². The first-order valence-corrected chi connectivity index (χ1v) is 7.34. The number of hydrogen-bond donors (Lipinski definition) is 0. The molecule has 5 nitrogen and oxygen atoms in total. The summed E-state index contributed by atoms with van der Waals surface area (Å²) in [5.74, 6) is 0.264. The van der Waals surface area contributed by atoms with E-state index in [1.807, 2.05) is 29.2 Å². The molecule has 0 aliphatic carbocycles. The van der Waals surface area contributed by atoms with Crippen LogP contribution < -0.4 is 0 Å². The third-order valence-electron chi connectivity index (χ3n) is 3.72. The molecule has 1 fully saturated rings. The minimum absolute atomic E-state index is 0.00140. The minimum Gasteiger partial charge on any atom is -0.303 e. The molecule has 1 aliphatic heterocycles. The Bertz CT molecular complexity index is 562. The number of nitrogens with zero attached hydrogens (tertiary/aromatic N) is 4. The van der Waals surface area contributed by atoms with Crippen molar-refractivity contribution in [3.8, 4) is 0 Å². The molecule has 102 valence electrons. The van der Waals surface area contributed by atoms with E-state index in [0.29, 0.717) is 6.42 Å². The summed E-state index contributed by atoms with van der Waals surface area (Å²) in [6.45, 7) is 2.79. The molecule has 2 aromatic heterocycles. The number of fused-ring (bicyclic) bond motifs is 1. The van der Waals surface area contributed by atoms with Crippen LogP contribution in [0.2, 0.25) is 0 Å². The normalized spacial score (nSPS) is 22.1. The molecule has 0 radical (unpaired) electrons. The monoisotopic (exact) mass is 278 g/mol. The fourth-order valence-electron chi connectivity index (χ4n) is 2.52. The number of piperazine rings is 1. The summed E-state index contributed by atoms with van der Waals surface area (Å²) >= 11 is 1.59. The van der Waals surface area contributed by atoms with Gasteiger partial charge in [-0.1, -0.05) is 0 Å². The van der Waals surface area contributed by atoms with E-state index in [0.717, 1.165) is 30.3 Å². The molecular weight excluding hydrogens is 260 g/mol. The first-order chi connectivity index (χ1) is 9.13. The number of carbonyl (C=O) groups excluding carboxylic acids is 1. The van der Waals surface area contributed by atoms with Gasteiger partial charge in [-0.2, -0.15) is 0 Å². The molecule has 3 rings (SSSR count). The van der Waals surface area contributed by atoms with Crippen LogP contribution in [0.25, 0.3) is 4.96 Å². The molecule has 0 N–H and O–H groups in total. The zero-order chi connectivity index (χ0) is 13.4. The molecule has 1 atom stereocenters. The van der Waals surface area contributed by atoms with Crippen LogP contribution in [0.5, 0.6) is 0 Å². The topological polar surface area (TPSA) is 40.9 Å². The van der Waals surface area contributed by atoms with Crippen LogP contribution in [0.15, 0.2) is 17.8 Å². The molecule has 0 bridgehead atoms. The fraction of sp³-hybridized carbons (Fsp3) is 0.538. The van der Waals surface area contributed by atoms with Gasteiger partial charge in [0.1, 0.15) is 0 Å². The number of aromatic nitrogens is 2. The molecule has 0 saturated carbocycles. The maximum absolute atomic E-state index is 12.4. The molecule has 0 amide bonds. The Morgan fingerprint density at radius 1 is 1.47 bits per heavy atom. The third kappa shape index (κ3) is 2.56. The second-order valence-electron chi connectivity index (χ2n) is 5.23. The molecule has 6 heteroatoms. The maximum atomic E-state index is 12.4. The standard InChI is InChI=1S/C13H18N4OS/c1-15-3-4-16(2)11(9-15)12(18)7-10-8-17-5-6-19-13(17)14-10/h5-6,8,11H,3-4,7,9H2,1-2H3. The van der Waals surface area contributed by atoms with E-state index >= 15 is 0 Å². The second kappa shape index (κ2) is 5.03. The molecular formula is C13H18N4OS. The van der Waals surface area contributed by atoms with Gasteiger partial charge in [0, 0.05) is 37.4 Å². The molecule has 1 unspecified atom stereocenters. The van der Waals surface area contributed by atoms with E-state index in [1.165, 1.54) is 0 Å². The maximum Gasteiger partial charge on any atom is 0.193 e. The molecule has 1 aliphatic rings. The van der Waals surface area contributed by atoms with Crippen molar-refractivity contribution >= 4 is 22.1 Å². The lowest BCUT2D eigenvalue weighted by Crippen LogP contribution is -2.53. The third-order valence-corrected chi connectivity index (χ3v) is 4.49. The van der Waals surface area contributed by atoms with Crippen molar-refractivity contribution in [2.24, 2.45) is 0 Å². The Labute approximate surface area is 116 Å². The summed E-state index contributed by atoms with van der Waals surface area (Å²) < 4.78 is 1.98. The predicted molar refractivity (Wildman–Crippen MR) is 75.7 cm³/mol. The Morgan fingerprint density at radius 3 is 3.11 bits per heavy atom. The highest BCUT2D eigenvalue weighted by Crippen LogP contribution is 2.14. The Morgan fingerprint density at radius 2 is 2.32 bits per heavy atom. The van der Waals surface area contributed by atoms with Crippen molar-refractivity contribution in [2.45, 2.75) is 12.5 Å². The first-order valence-electron chi connectivity index (χ1n) is 6.46. The fourth-order valence-corrected chi connectivity index (χ4v) is 3.23. The summed E-state index contributed by atoms with van der Waals surface area (Å²) in [5, 5.41) is 2.00. The lowest BCUT2D eigenvalue weighted by Gasteiger charge is -2.36. The SMILES string of the molecule is CN1CCN(C)C(C(=O)Cc2cn3ccsc3n2)C1. The van der Waals surface area contributed by atoms with Gasteiger partial charge in [-0.15, -0.1) is 11.3 Å². The van der Waals surface area contributed by atoms with E-state index in [4.69, 9.17) is 0 Å². The van der Waals surface area contributed by atoms with Gasteiger partial charge in [0.05, 0.1) is 18.2 Å². The Hall–Kier alpha value is -1.24. The Kier molecular flexibility index (Phi) is 3.38. The molecule has 3 heterocycles. The average Bonchev–Trinajstić information content (AvgIpc) is 2.92. The lowest BCUT2D eigenvalue weighted by molar-refractivity contribution is -0.125. The first kappa shape index (κ1) is 12.8. The number of likely N-dealkylation sites (N-methyl/N-ethyl adjacent to an activating group) is 2. The summed E-state index contributed by atoms with van der Waals surface area (Å²) in [4.78, 5) is 22.2. The zero-order valence-electron chi connectivity index (χ0n) is 11.2. The molecule has 19 heavy (non-hydrogen) atoms. The van der Waals surface area contributed by atoms with Gasteiger partial charge in [-0.3, -0.25) is 14.1 Å². The van der Waals surface area contributed by atoms with E-state index in [9.17, 15) is 4.79 Å². The van der Waals surface area contributed by atoms with Crippen LogP contribution in [0.1, 0.15) is 5.69 Å². The summed E-state index contributed by atoms with van der Waals surface area (Å²) in [7, 11) is 4.10. The van der Waals surface area contributed by atoms with Crippen LogP contribution in [0.4, 0.5) is 0 Å². The van der Waals surface area contributed by atoms with Gasteiger partial charge in [0.2, 0.25) is 0 Å². The molecule has 0 aromatic carbocycles. The molecule has 1 saturated heterocycles. The number of ketones is 1. The summed E-state index contributed by atoms with van der Waals surface area (Å²) in [5.41, 5.74) is 0.874. The number of hydrogen-bond acceptors (Lipinski definition) is 5. The predicted octanol–water partition coefficient (Wildman–Crippen LogP) is 0.753. The number of rotatable bonds is 3. The van der Waals surface area contributed by atoms with Crippen LogP contribution >= 0.6 is 11.3 Å². The van der Waals surface area contributed by atoms with E-state index in [2.05, 4.69) is 21.8 Å². The number of imidazole rings is 1. The quantitative estimate of drug-likeness (QED) is 0.831. The largest absolute Gasteiger partial charge is 0.303 e. The Balaban J connectivity index is 1.71. The van der Waals surface area contributed by atoms with E-state index < -0.39 is 0 Å². The van der Waals surface area contributed by atoms with Gasteiger partial charge in [-0.25, -0.2) is 4.98 Å². The highest BCUT2D eigenvalue weighted by atomic mass is 32.1. The average molecular weight is 278 g/mol. The van der Waals surface area contributed by atoms with Crippen molar-refractivity contribution in [1.82, 2.24) is 19.2 Å². The van der Waals surface area contributed by atoms with Gasteiger partial charge < -0.3 is 4.90 Å². The second-order valence-corrected chi connectivity index (χ2v) is 6.10. The lowest BCUT2D eigenvalue weighted by atomic mass is 10.0. The van der Waals surface area contributed by atoms with Crippen molar-refractivity contribution in [3.63, 3.8) is 0 Å². The van der Waals surface area contributed by atoms with E-state index in [1.54, 1.807) is 11.3 Å². The zero-order valence-corrected chi connectivity index (χ0v) is 12.1. The highest BCUT2D eigenvalue weighted by Gasteiger charge is 2.28. The van der Waals surface area contributed by atoms with Crippen molar-refractivity contribution in [2.75, 3.05) is 33.7 Å². The van der Waals surface area contributed by atoms with Crippen LogP contribution in [0, 0.1) is 0 Å². The van der Waals surface area contributed by atoms with Gasteiger partial charge in [0.15, 0.2) is 10.7 Å². The van der Waals surface area contributed by atoms with Crippen molar-refractivity contribution in [3.05, 3.63) is 23.5 Å². The molecule has 2 aromatic rings. The van der Waals surface area contributed by atoms with Gasteiger partial charge >= 0.3 is 0 Å². The number of thiazole rings is 1. The smallest absolute Gasteiger partial charge is 0.193 e. The van der Waals surface area contributed by atoms with Crippen LogP contribution in [0.3, 0.4) is 0 Å². The summed E-state index contributed by atoms with van der Waals surface area (Å²) in [6.07, 6.45) is 4.36. The van der Waals surface area contributed by atoms with Crippen LogP contribution in [-0.2, 0) is 11.2 Å². The summed E-state index contributed by atoms with van der Waals surface area (Å²) in [6, 6.07) is -0.00140. The number of carbonyl (C=O) groups is 1. The van der Waals surface area contributed by atoms with Crippen molar-refractivity contribution < 1.29 is 4.79 Å². The van der Waals surface area contributed by atoms with E-state index in [-0.39, 0.29) is 11.8 Å². The van der Waals surface area contributed by atoms with Gasteiger partial charge in [-0.05, 0) is 14.1 Å². The number of Topliss-reactive ketones (excluding diaryl/α,β-unsaturated/α-hetero) is 1. The highest BCUT2D eigenvalue weighted by molar-refractivity contribution is 7.15. The molecule has 0 spiro atoms.